The lowest BCUT2D eigenvalue weighted by atomic mass is 10.1. The number of hydrogen-bond donors (Lipinski definition) is 2. The molecule has 1 heterocycles. The quantitative estimate of drug-likeness (QED) is 0.856. The molecule has 0 aliphatic carbocycles. The maximum absolute atomic E-state index is 12.2. The zero-order valence-corrected chi connectivity index (χ0v) is 13.0. The van der Waals surface area contributed by atoms with E-state index in [-0.39, 0.29) is 11.9 Å². The highest BCUT2D eigenvalue weighted by atomic mass is 32.1. The molecule has 0 bridgehead atoms. The second kappa shape index (κ2) is 7.07. The molecule has 0 aliphatic rings. The second-order valence-corrected chi connectivity index (χ2v) is 6.02. The molecule has 0 spiro atoms. The number of amides is 1. The number of carbonyl (C=O) groups excluding carboxylic acids is 1. The lowest BCUT2D eigenvalue weighted by Gasteiger charge is -2.14. The minimum atomic E-state index is -0.0699. The SMILES string of the molecule is Cc1ccc(C(=O)NC(C)c2cccc(C#CCN)c2)s1. The average Bonchev–Trinajstić information content (AvgIpc) is 2.92. The first kappa shape index (κ1) is 15.3. The molecule has 1 aromatic carbocycles. The number of nitrogens with two attached hydrogens (primary N) is 1. The van der Waals surface area contributed by atoms with E-state index in [9.17, 15) is 4.79 Å². The molecule has 4 heteroatoms. The Morgan fingerprint density at radius 2 is 2.19 bits per heavy atom. The number of aryl methyl sites for hydroxylation is 1. The first-order valence-corrected chi connectivity index (χ1v) is 7.58. The van der Waals surface area contributed by atoms with Crippen LogP contribution in [0.4, 0.5) is 0 Å². The zero-order chi connectivity index (χ0) is 15.2. The fourth-order valence-electron chi connectivity index (χ4n) is 1.95. The summed E-state index contributed by atoms with van der Waals surface area (Å²) in [7, 11) is 0. The lowest BCUT2D eigenvalue weighted by molar-refractivity contribution is 0.0944. The van der Waals surface area contributed by atoms with Gasteiger partial charge in [-0.1, -0.05) is 24.0 Å². The van der Waals surface area contributed by atoms with Crippen molar-refractivity contribution in [1.82, 2.24) is 5.32 Å². The van der Waals surface area contributed by atoms with Crippen LogP contribution in [0, 0.1) is 18.8 Å². The molecule has 1 aromatic heterocycles. The van der Waals surface area contributed by atoms with Crippen molar-refractivity contribution < 1.29 is 4.79 Å². The van der Waals surface area contributed by atoms with Gasteiger partial charge in [0.1, 0.15) is 0 Å². The third kappa shape index (κ3) is 4.19. The van der Waals surface area contributed by atoms with Crippen molar-refractivity contribution in [1.29, 1.82) is 0 Å². The first-order valence-electron chi connectivity index (χ1n) is 6.76. The van der Waals surface area contributed by atoms with Crippen LogP contribution in [0.3, 0.4) is 0 Å². The van der Waals surface area contributed by atoms with Gasteiger partial charge in [-0.2, -0.15) is 0 Å². The molecule has 108 valence electrons. The van der Waals surface area contributed by atoms with E-state index in [1.807, 2.05) is 50.2 Å². The average molecular weight is 298 g/mol. The Kier molecular flexibility index (Phi) is 5.15. The molecule has 3 nitrogen and oxygen atoms in total. The van der Waals surface area contributed by atoms with Crippen molar-refractivity contribution in [2.75, 3.05) is 6.54 Å². The van der Waals surface area contributed by atoms with Crippen LogP contribution in [0.25, 0.3) is 0 Å². The maximum Gasteiger partial charge on any atom is 0.261 e. The van der Waals surface area contributed by atoms with E-state index in [1.165, 1.54) is 11.3 Å². The van der Waals surface area contributed by atoms with Gasteiger partial charge in [0.15, 0.2) is 0 Å². The van der Waals surface area contributed by atoms with Gasteiger partial charge in [-0.25, -0.2) is 0 Å². The normalized spacial score (nSPS) is 11.4. The van der Waals surface area contributed by atoms with Crippen molar-refractivity contribution in [2.24, 2.45) is 5.73 Å². The van der Waals surface area contributed by atoms with E-state index < -0.39 is 0 Å². The predicted molar refractivity (Wildman–Crippen MR) is 87.3 cm³/mol. The van der Waals surface area contributed by atoms with Gasteiger partial charge in [0.05, 0.1) is 17.5 Å². The summed E-state index contributed by atoms with van der Waals surface area (Å²) in [5.74, 6) is 5.79. The van der Waals surface area contributed by atoms with Crippen molar-refractivity contribution in [3.8, 4) is 11.8 Å². The molecule has 0 fully saturated rings. The molecule has 1 atom stereocenters. The van der Waals surface area contributed by atoms with Crippen LogP contribution in [0.5, 0.6) is 0 Å². The molecule has 0 saturated carbocycles. The summed E-state index contributed by atoms with van der Waals surface area (Å²) < 4.78 is 0. The fraction of sp³-hybridized carbons (Fsp3) is 0.235. The molecular weight excluding hydrogens is 280 g/mol. The Labute approximate surface area is 129 Å². The summed E-state index contributed by atoms with van der Waals surface area (Å²) in [6, 6.07) is 11.6. The van der Waals surface area contributed by atoms with E-state index in [0.29, 0.717) is 6.54 Å². The Morgan fingerprint density at radius 3 is 2.86 bits per heavy atom. The minimum absolute atomic E-state index is 0.0426. The smallest absolute Gasteiger partial charge is 0.261 e. The van der Waals surface area contributed by atoms with Gasteiger partial charge in [-0.05, 0) is 43.7 Å². The van der Waals surface area contributed by atoms with E-state index in [2.05, 4.69) is 17.2 Å². The molecule has 2 rings (SSSR count). The van der Waals surface area contributed by atoms with Gasteiger partial charge in [-0.15, -0.1) is 11.3 Å². The number of thiophene rings is 1. The summed E-state index contributed by atoms with van der Waals surface area (Å²) in [4.78, 5) is 14.0. The van der Waals surface area contributed by atoms with Crippen molar-refractivity contribution >= 4 is 17.2 Å². The third-order valence-electron chi connectivity index (χ3n) is 3.03. The zero-order valence-electron chi connectivity index (χ0n) is 12.1. The van der Waals surface area contributed by atoms with E-state index in [0.717, 1.165) is 20.9 Å². The highest BCUT2D eigenvalue weighted by molar-refractivity contribution is 7.13. The van der Waals surface area contributed by atoms with Crippen molar-refractivity contribution in [3.05, 3.63) is 57.3 Å². The van der Waals surface area contributed by atoms with Gasteiger partial charge in [-0.3, -0.25) is 4.79 Å². The second-order valence-electron chi connectivity index (χ2n) is 4.74. The highest BCUT2D eigenvalue weighted by Gasteiger charge is 2.13. The van der Waals surface area contributed by atoms with Gasteiger partial charge >= 0.3 is 0 Å². The molecule has 0 radical (unpaired) electrons. The lowest BCUT2D eigenvalue weighted by Crippen LogP contribution is -2.25. The molecule has 0 saturated heterocycles. The van der Waals surface area contributed by atoms with Crippen molar-refractivity contribution in [3.63, 3.8) is 0 Å². The van der Waals surface area contributed by atoms with Crippen LogP contribution in [-0.2, 0) is 0 Å². The molecule has 21 heavy (non-hydrogen) atoms. The Balaban J connectivity index is 2.09. The molecule has 3 N–H and O–H groups in total. The van der Waals surface area contributed by atoms with Crippen molar-refractivity contribution in [2.45, 2.75) is 19.9 Å². The van der Waals surface area contributed by atoms with Gasteiger partial charge in [0, 0.05) is 10.4 Å². The molecule has 2 aromatic rings. The van der Waals surface area contributed by atoms with Gasteiger partial charge < -0.3 is 11.1 Å². The Bertz CT molecular complexity index is 694. The predicted octanol–water partition coefficient (Wildman–Crippen LogP) is 2.86. The first-order chi connectivity index (χ1) is 10.1. The number of rotatable bonds is 3. The maximum atomic E-state index is 12.2. The van der Waals surface area contributed by atoms with Crippen LogP contribution >= 0.6 is 11.3 Å². The monoisotopic (exact) mass is 298 g/mol. The topological polar surface area (TPSA) is 55.1 Å². The number of hydrogen-bond acceptors (Lipinski definition) is 3. The highest BCUT2D eigenvalue weighted by Crippen LogP contribution is 2.18. The summed E-state index contributed by atoms with van der Waals surface area (Å²) >= 11 is 1.50. The van der Waals surface area contributed by atoms with Gasteiger partial charge in [0.2, 0.25) is 0 Å². The molecule has 1 unspecified atom stereocenters. The molecular formula is C17H18N2OS. The van der Waals surface area contributed by atoms with Crippen LogP contribution in [-0.4, -0.2) is 12.5 Å². The van der Waals surface area contributed by atoms with E-state index >= 15 is 0 Å². The Hall–Kier alpha value is -2.09. The minimum Gasteiger partial charge on any atom is -0.345 e. The van der Waals surface area contributed by atoms with E-state index in [4.69, 9.17) is 5.73 Å². The van der Waals surface area contributed by atoms with Crippen LogP contribution in [0.2, 0.25) is 0 Å². The van der Waals surface area contributed by atoms with Crippen LogP contribution in [0.15, 0.2) is 36.4 Å². The third-order valence-corrected chi connectivity index (χ3v) is 4.03. The van der Waals surface area contributed by atoms with Crippen LogP contribution < -0.4 is 11.1 Å². The Morgan fingerprint density at radius 1 is 1.38 bits per heavy atom. The standard InChI is InChI=1S/C17H18N2OS/c1-12-8-9-16(21-12)17(20)19-13(2)15-7-3-5-14(11-15)6-4-10-18/h3,5,7-9,11,13H,10,18H2,1-2H3,(H,19,20). The number of nitrogens with one attached hydrogen (secondary N) is 1. The number of carbonyl (C=O) groups is 1. The summed E-state index contributed by atoms with van der Waals surface area (Å²) in [5.41, 5.74) is 7.31. The summed E-state index contributed by atoms with van der Waals surface area (Å²) in [5, 5.41) is 3.01. The largest absolute Gasteiger partial charge is 0.345 e. The number of benzene rings is 1. The summed E-state index contributed by atoms with van der Waals surface area (Å²) in [6.45, 7) is 4.30. The van der Waals surface area contributed by atoms with E-state index in [1.54, 1.807) is 0 Å². The summed E-state index contributed by atoms with van der Waals surface area (Å²) in [6.07, 6.45) is 0. The molecule has 1 amide bonds. The molecule has 0 aliphatic heterocycles. The fourth-order valence-corrected chi connectivity index (χ4v) is 2.72. The van der Waals surface area contributed by atoms with Crippen LogP contribution in [0.1, 0.15) is 38.6 Å². The van der Waals surface area contributed by atoms with Gasteiger partial charge in [0.25, 0.3) is 5.91 Å².